The minimum atomic E-state index is 0.386. The summed E-state index contributed by atoms with van der Waals surface area (Å²) in [6.07, 6.45) is 2.50. The summed E-state index contributed by atoms with van der Waals surface area (Å²) in [4.78, 5) is 9.42. The number of likely N-dealkylation sites (tertiary alicyclic amines) is 1. The molecule has 0 aromatic heterocycles. The van der Waals surface area contributed by atoms with Crippen molar-refractivity contribution in [3.63, 3.8) is 0 Å². The lowest BCUT2D eigenvalue weighted by molar-refractivity contribution is 0.0263. The van der Waals surface area contributed by atoms with Gasteiger partial charge in [0.25, 0.3) is 0 Å². The van der Waals surface area contributed by atoms with Gasteiger partial charge in [-0.05, 0) is 51.4 Å². The molecule has 0 saturated carbocycles. The number of methoxy groups -OCH3 is 1. The molecular weight excluding hydrogens is 380 g/mol. The number of guanidine groups is 1. The van der Waals surface area contributed by atoms with Gasteiger partial charge in [-0.1, -0.05) is 12.1 Å². The van der Waals surface area contributed by atoms with Crippen LogP contribution in [0.2, 0.25) is 0 Å². The fourth-order valence-electron chi connectivity index (χ4n) is 3.47. The normalized spacial score (nSPS) is 15.6. The minimum Gasteiger partial charge on any atom is -0.492 e. The van der Waals surface area contributed by atoms with E-state index in [0.29, 0.717) is 19.3 Å². The fraction of sp³-hybridized carbons (Fsp3) is 0.696. The molecule has 0 amide bonds. The third kappa shape index (κ3) is 8.90. The van der Waals surface area contributed by atoms with Crippen LogP contribution in [0.15, 0.2) is 29.3 Å². The topological polar surface area (TPSA) is 58.6 Å². The summed E-state index contributed by atoms with van der Waals surface area (Å²) < 4.78 is 16.8. The van der Waals surface area contributed by atoms with Crippen LogP contribution >= 0.6 is 0 Å². The van der Waals surface area contributed by atoms with Crippen molar-refractivity contribution in [3.8, 4) is 5.75 Å². The van der Waals surface area contributed by atoms with Gasteiger partial charge in [0.2, 0.25) is 0 Å². The zero-order chi connectivity index (χ0) is 21.6. The molecule has 0 unspecified atom stereocenters. The number of nitrogens with one attached hydrogen (secondary N) is 1. The Kier molecular flexibility index (Phi) is 11.6. The van der Waals surface area contributed by atoms with Gasteiger partial charge in [-0.2, -0.15) is 0 Å². The zero-order valence-corrected chi connectivity index (χ0v) is 19.2. The number of hydrogen-bond acceptors (Lipinski definition) is 5. The van der Waals surface area contributed by atoms with Crippen LogP contribution in [0.5, 0.6) is 5.75 Å². The van der Waals surface area contributed by atoms with Crippen molar-refractivity contribution in [1.29, 1.82) is 0 Å². The molecule has 1 N–H and O–H groups in total. The maximum Gasteiger partial charge on any atom is 0.194 e. The SMILES string of the molecule is CCNC(=NCc1cccc(OCCN(C)CCOC)c1)N1CCC(OCC)CC1. The van der Waals surface area contributed by atoms with E-state index in [0.717, 1.165) is 76.1 Å². The van der Waals surface area contributed by atoms with Crippen molar-refractivity contribution in [2.45, 2.75) is 39.3 Å². The number of piperidine rings is 1. The highest BCUT2D eigenvalue weighted by molar-refractivity contribution is 5.80. The monoisotopic (exact) mass is 420 g/mol. The maximum absolute atomic E-state index is 5.93. The molecule has 0 atom stereocenters. The molecule has 1 aliphatic heterocycles. The van der Waals surface area contributed by atoms with Gasteiger partial charge in [-0.3, -0.25) is 0 Å². The van der Waals surface area contributed by atoms with Crippen LogP contribution in [0.1, 0.15) is 32.3 Å². The van der Waals surface area contributed by atoms with Crippen LogP contribution < -0.4 is 10.1 Å². The minimum absolute atomic E-state index is 0.386. The van der Waals surface area contributed by atoms with E-state index in [1.807, 2.05) is 12.1 Å². The number of likely N-dealkylation sites (N-methyl/N-ethyl adjacent to an activating group) is 1. The number of rotatable bonds is 12. The molecule has 1 fully saturated rings. The summed E-state index contributed by atoms with van der Waals surface area (Å²) in [6.45, 7) is 11.6. The number of aliphatic imine (C=N–C) groups is 1. The molecule has 30 heavy (non-hydrogen) atoms. The standard InChI is InChI=1S/C23H40N4O3/c1-5-24-23(27-12-10-21(11-13-27)29-6-2)25-19-20-8-7-9-22(18-20)30-17-15-26(3)14-16-28-4/h7-9,18,21H,5-6,10-17,19H2,1-4H3,(H,24,25). The Labute approximate surface area is 182 Å². The largest absolute Gasteiger partial charge is 0.492 e. The summed E-state index contributed by atoms with van der Waals surface area (Å²) in [6, 6.07) is 8.23. The first-order valence-electron chi connectivity index (χ1n) is 11.2. The Morgan fingerprint density at radius 3 is 2.67 bits per heavy atom. The van der Waals surface area contributed by atoms with E-state index in [4.69, 9.17) is 19.2 Å². The smallest absolute Gasteiger partial charge is 0.194 e. The van der Waals surface area contributed by atoms with E-state index in [2.05, 4.69) is 48.1 Å². The third-order valence-corrected chi connectivity index (χ3v) is 5.21. The van der Waals surface area contributed by atoms with E-state index < -0.39 is 0 Å². The fourth-order valence-corrected chi connectivity index (χ4v) is 3.47. The lowest BCUT2D eigenvalue weighted by Crippen LogP contribution is -2.47. The van der Waals surface area contributed by atoms with Crippen molar-refractivity contribution in [3.05, 3.63) is 29.8 Å². The average Bonchev–Trinajstić information content (AvgIpc) is 2.76. The van der Waals surface area contributed by atoms with Crippen LogP contribution in [-0.4, -0.2) is 88.6 Å². The molecule has 0 spiro atoms. The van der Waals surface area contributed by atoms with Gasteiger partial charge >= 0.3 is 0 Å². The van der Waals surface area contributed by atoms with Crippen LogP contribution in [-0.2, 0) is 16.0 Å². The van der Waals surface area contributed by atoms with E-state index in [-0.39, 0.29) is 0 Å². The Hall–Kier alpha value is -1.83. The van der Waals surface area contributed by atoms with Crippen molar-refractivity contribution >= 4 is 5.96 Å². The number of benzene rings is 1. The Morgan fingerprint density at radius 2 is 1.97 bits per heavy atom. The first kappa shape index (κ1) is 24.4. The molecule has 0 aliphatic carbocycles. The average molecular weight is 421 g/mol. The Morgan fingerprint density at radius 1 is 1.20 bits per heavy atom. The van der Waals surface area contributed by atoms with Gasteiger partial charge < -0.3 is 29.3 Å². The van der Waals surface area contributed by atoms with Gasteiger partial charge in [0.05, 0.1) is 19.3 Å². The van der Waals surface area contributed by atoms with Gasteiger partial charge in [-0.25, -0.2) is 4.99 Å². The molecule has 1 aromatic rings. The second-order valence-corrected chi connectivity index (χ2v) is 7.60. The van der Waals surface area contributed by atoms with E-state index in [1.165, 1.54) is 0 Å². The highest BCUT2D eigenvalue weighted by Gasteiger charge is 2.21. The summed E-state index contributed by atoms with van der Waals surface area (Å²) in [5.41, 5.74) is 1.15. The molecule has 2 rings (SSSR count). The summed E-state index contributed by atoms with van der Waals surface area (Å²) in [5, 5.41) is 3.44. The van der Waals surface area contributed by atoms with Gasteiger partial charge in [0.1, 0.15) is 12.4 Å². The number of ether oxygens (including phenoxy) is 3. The quantitative estimate of drug-likeness (QED) is 0.414. The van der Waals surface area contributed by atoms with Crippen molar-refractivity contribution in [1.82, 2.24) is 15.1 Å². The predicted molar refractivity (Wildman–Crippen MR) is 122 cm³/mol. The molecule has 7 nitrogen and oxygen atoms in total. The second-order valence-electron chi connectivity index (χ2n) is 7.60. The third-order valence-electron chi connectivity index (χ3n) is 5.21. The summed E-state index contributed by atoms with van der Waals surface area (Å²) in [5.74, 6) is 1.88. The first-order valence-corrected chi connectivity index (χ1v) is 11.2. The van der Waals surface area contributed by atoms with Crippen LogP contribution in [0.3, 0.4) is 0 Å². The molecule has 0 bridgehead atoms. The van der Waals surface area contributed by atoms with Crippen LogP contribution in [0, 0.1) is 0 Å². The molecule has 1 saturated heterocycles. The lowest BCUT2D eigenvalue weighted by Gasteiger charge is -2.34. The van der Waals surface area contributed by atoms with Gasteiger partial charge in [0, 0.05) is 46.4 Å². The highest BCUT2D eigenvalue weighted by atomic mass is 16.5. The predicted octanol–water partition coefficient (Wildman–Crippen LogP) is 2.61. The molecule has 170 valence electrons. The molecule has 7 heteroatoms. The maximum atomic E-state index is 5.93. The zero-order valence-electron chi connectivity index (χ0n) is 19.2. The van der Waals surface area contributed by atoms with Gasteiger partial charge in [0.15, 0.2) is 5.96 Å². The van der Waals surface area contributed by atoms with Crippen molar-refractivity contribution in [2.75, 3.05) is 66.7 Å². The number of nitrogens with zero attached hydrogens (tertiary/aromatic N) is 3. The second kappa shape index (κ2) is 14.2. The van der Waals surface area contributed by atoms with Crippen LogP contribution in [0.25, 0.3) is 0 Å². The highest BCUT2D eigenvalue weighted by Crippen LogP contribution is 2.16. The molecule has 1 aliphatic rings. The molecule has 1 aromatic carbocycles. The number of hydrogen-bond donors (Lipinski definition) is 1. The molecule has 0 radical (unpaired) electrons. The van der Waals surface area contributed by atoms with Crippen molar-refractivity contribution in [2.24, 2.45) is 4.99 Å². The van der Waals surface area contributed by atoms with Gasteiger partial charge in [-0.15, -0.1) is 0 Å². The Bertz CT molecular complexity index is 618. The van der Waals surface area contributed by atoms with Crippen LogP contribution in [0.4, 0.5) is 0 Å². The summed E-state index contributed by atoms with van der Waals surface area (Å²) in [7, 11) is 3.80. The first-order chi connectivity index (χ1) is 14.7. The molecule has 1 heterocycles. The Balaban J connectivity index is 1.86. The molecular formula is C23H40N4O3. The van der Waals surface area contributed by atoms with E-state index >= 15 is 0 Å². The lowest BCUT2D eigenvalue weighted by atomic mass is 10.1. The van der Waals surface area contributed by atoms with E-state index in [9.17, 15) is 0 Å². The van der Waals surface area contributed by atoms with E-state index in [1.54, 1.807) is 7.11 Å². The van der Waals surface area contributed by atoms with Crippen molar-refractivity contribution < 1.29 is 14.2 Å². The summed E-state index contributed by atoms with van der Waals surface area (Å²) >= 11 is 0.